The minimum atomic E-state index is -3.58. The van der Waals surface area contributed by atoms with Crippen LogP contribution in [0, 0.1) is 0 Å². The smallest absolute Gasteiger partial charge is 0.232 e. The van der Waals surface area contributed by atoms with Crippen LogP contribution >= 0.6 is 23.2 Å². The molecule has 0 saturated heterocycles. The van der Waals surface area contributed by atoms with Crippen LogP contribution in [0.15, 0.2) is 18.2 Å². The average molecular weight is 367 g/mol. The van der Waals surface area contributed by atoms with Crippen molar-refractivity contribution in [3.05, 3.63) is 28.2 Å². The van der Waals surface area contributed by atoms with E-state index < -0.39 is 10.0 Å². The van der Waals surface area contributed by atoms with E-state index in [-0.39, 0.29) is 40.6 Å². The van der Waals surface area contributed by atoms with Crippen LogP contribution in [-0.4, -0.2) is 33.2 Å². The van der Waals surface area contributed by atoms with Crippen molar-refractivity contribution in [3.8, 4) is 0 Å². The van der Waals surface area contributed by atoms with Crippen LogP contribution in [0.25, 0.3) is 0 Å². The molecule has 0 radical (unpaired) electrons. The Balaban J connectivity index is 2.93. The second-order valence-electron chi connectivity index (χ2n) is 5.03. The molecule has 1 atom stereocenters. The lowest BCUT2D eigenvalue weighted by molar-refractivity contribution is -0.121. The second-order valence-corrected chi connectivity index (χ2v) is 7.73. The van der Waals surface area contributed by atoms with E-state index in [0.29, 0.717) is 0 Å². The minimum absolute atomic E-state index is 0.00115. The number of benzene rings is 1. The van der Waals surface area contributed by atoms with Crippen molar-refractivity contribution in [3.63, 3.8) is 0 Å². The molecule has 124 valence electrons. The fraction of sp³-hybridized carbons (Fsp3) is 0.500. The zero-order valence-corrected chi connectivity index (χ0v) is 15.1. The van der Waals surface area contributed by atoms with Gasteiger partial charge in [0.2, 0.25) is 15.9 Å². The van der Waals surface area contributed by atoms with Crippen LogP contribution in [0.4, 0.5) is 5.69 Å². The molecule has 0 aromatic heterocycles. The topological polar surface area (TPSA) is 66.5 Å². The molecule has 1 aromatic carbocycles. The van der Waals surface area contributed by atoms with Crippen LogP contribution in [-0.2, 0) is 14.8 Å². The monoisotopic (exact) mass is 366 g/mol. The number of carbonyl (C=O) groups excluding carboxylic acids is 1. The largest absolute Gasteiger partial charge is 0.354 e. The highest BCUT2D eigenvalue weighted by Gasteiger charge is 2.22. The van der Waals surface area contributed by atoms with Gasteiger partial charge in [-0.25, -0.2) is 8.42 Å². The van der Waals surface area contributed by atoms with Gasteiger partial charge in [-0.15, -0.1) is 0 Å². The molecular weight excluding hydrogens is 347 g/mol. The summed E-state index contributed by atoms with van der Waals surface area (Å²) in [6, 6.07) is 4.79. The van der Waals surface area contributed by atoms with Gasteiger partial charge in [-0.3, -0.25) is 9.10 Å². The van der Waals surface area contributed by atoms with Gasteiger partial charge < -0.3 is 5.32 Å². The van der Waals surface area contributed by atoms with Crippen molar-refractivity contribution in [2.75, 3.05) is 17.1 Å². The maximum Gasteiger partial charge on any atom is 0.232 e. The summed E-state index contributed by atoms with van der Waals surface area (Å²) in [5.41, 5.74) is 0.271. The Labute approximate surface area is 141 Å². The molecule has 5 nitrogen and oxygen atoms in total. The van der Waals surface area contributed by atoms with Crippen molar-refractivity contribution in [2.24, 2.45) is 0 Å². The van der Waals surface area contributed by atoms with Gasteiger partial charge >= 0.3 is 0 Å². The number of nitrogens with one attached hydrogen (secondary N) is 1. The molecule has 1 unspecified atom stereocenters. The van der Waals surface area contributed by atoms with E-state index in [4.69, 9.17) is 23.2 Å². The summed E-state index contributed by atoms with van der Waals surface area (Å²) < 4.78 is 25.1. The Morgan fingerprint density at radius 2 is 2.00 bits per heavy atom. The summed E-state index contributed by atoms with van der Waals surface area (Å²) in [4.78, 5) is 11.8. The molecule has 0 saturated carbocycles. The number of anilines is 1. The second kappa shape index (κ2) is 8.04. The molecule has 0 spiro atoms. The molecule has 1 N–H and O–H groups in total. The molecule has 1 rings (SSSR count). The van der Waals surface area contributed by atoms with Crippen molar-refractivity contribution >= 4 is 44.8 Å². The lowest BCUT2D eigenvalue weighted by Crippen LogP contribution is -2.37. The molecule has 0 heterocycles. The molecule has 0 bridgehead atoms. The number of nitrogens with zero attached hydrogens (tertiary/aromatic N) is 1. The Morgan fingerprint density at radius 1 is 1.36 bits per heavy atom. The van der Waals surface area contributed by atoms with Crippen molar-refractivity contribution < 1.29 is 13.2 Å². The first-order valence-corrected chi connectivity index (χ1v) is 9.48. The highest BCUT2D eigenvalue weighted by Crippen LogP contribution is 2.33. The van der Waals surface area contributed by atoms with Gasteiger partial charge in [0.15, 0.2) is 0 Å². The molecule has 1 amide bonds. The minimum Gasteiger partial charge on any atom is -0.354 e. The lowest BCUT2D eigenvalue weighted by atomic mass is 10.2. The Kier molecular flexibility index (Phi) is 6.97. The number of rotatable bonds is 7. The number of hydrogen-bond acceptors (Lipinski definition) is 3. The third kappa shape index (κ3) is 5.34. The summed E-state index contributed by atoms with van der Waals surface area (Å²) >= 11 is 12.0. The highest BCUT2D eigenvalue weighted by atomic mass is 35.5. The number of halogens is 2. The maximum atomic E-state index is 12.0. The quantitative estimate of drug-likeness (QED) is 0.806. The van der Waals surface area contributed by atoms with Gasteiger partial charge in [-0.1, -0.05) is 36.2 Å². The van der Waals surface area contributed by atoms with Crippen LogP contribution in [0.1, 0.15) is 26.7 Å². The van der Waals surface area contributed by atoms with E-state index in [1.54, 1.807) is 18.2 Å². The van der Waals surface area contributed by atoms with E-state index in [9.17, 15) is 13.2 Å². The molecule has 22 heavy (non-hydrogen) atoms. The molecule has 1 aromatic rings. The van der Waals surface area contributed by atoms with Crippen LogP contribution in [0.5, 0.6) is 0 Å². The van der Waals surface area contributed by atoms with E-state index in [0.717, 1.165) is 17.0 Å². The maximum absolute atomic E-state index is 12.0. The van der Waals surface area contributed by atoms with Crippen LogP contribution < -0.4 is 9.62 Å². The predicted octanol–water partition coefficient (Wildman–Crippen LogP) is 3.06. The third-order valence-corrected chi connectivity index (χ3v) is 5.15. The molecule has 8 heteroatoms. The van der Waals surface area contributed by atoms with Gasteiger partial charge in [0.05, 0.1) is 22.0 Å². The third-order valence-electron chi connectivity index (χ3n) is 3.16. The van der Waals surface area contributed by atoms with E-state index >= 15 is 0 Å². The summed E-state index contributed by atoms with van der Waals surface area (Å²) in [7, 11) is -3.58. The first-order valence-electron chi connectivity index (χ1n) is 6.88. The Hall–Kier alpha value is -0.980. The van der Waals surface area contributed by atoms with Crippen molar-refractivity contribution in [1.82, 2.24) is 5.32 Å². The van der Waals surface area contributed by atoms with Crippen LogP contribution in [0.3, 0.4) is 0 Å². The van der Waals surface area contributed by atoms with E-state index in [1.807, 2.05) is 13.8 Å². The SMILES string of the molecule is CCC(C)NC(=O)CCN(c1cccc(Cl)c1Cl)S(C)(=O)=O. The molecule has 0 aliphatic carbocycles. The average Bonchev–Trinajstić information content (AvgIpc) is 2.41. The van der Waals surface area contributed by atoms with Gasteiger partial charge in [0, 0.05) is 19.0 Å². The number of hydrogen-bond donors (Lipinski definition) is 1. The zero-order valence-electron chi connectivity index (χ0n) is 12.8. The summed E-state index contributed by atoms with van der Waals surface area (Å²) in [5, 5.41) is 3.21. The molecule has 0 aliphatic rings. The van der Waals surface area contributed by atoms with Gasteiger partial charge in [-0.05, 0) is 25.5 Å². The highest BCUT2D eigenvalue weighted by molar-refractivity contribution is 7.92. The molecular formula is C14H20Cl2N2O3S. The molecule has 0 aliphatic heterocycles. The standard InChI is InChI=1S/C14H20Cl2N2O3S/c1-4-10(2)17-13(19)8-9-18(22(3,20)21)12-7-5-6-11(15)14(12)16/h5-7,10H,4,8-9H2,1-3H3,(H,17,19). The lowest BCUT2D eigenvalue weighted by Gasteiger charge is -2.24. The van der Waals surface area contributed by atoms with Gasteiger partial charge in [0.1, 0.15) is 0 Å². The number of sulfonamides is 1. The van der Waals surface area contributed by atoms with Crippen LogP contribution in [0.2, 0.25) is 10.0 Å². The Morgan fingerprint density at radius 3 is 2.55 bits per heavy atom. The zero-order chi connectivity index (χ0) is 16.9. The fourth-order valence-corrected chi connectivity index (χ4v) is 3.18. The summed E-state index contributed by atoms with van der Waals surface area (Å²) in [5.74, 6) is -0.207. The number of carbonyl (C=O) groups is 1. The first-order chi connectivity index (χ1) is 10.2. The number of amides is 1. The molecule has 0 fully saturated rings. The van der Waals surface area contributed by atoms with Crippen molar-refractivity contribution in [2.45, 2.75) is 32.7 Å². The first kappa shape index (κ1) is 19.1. The van der Waals surface area contributed by atoms with Crippen molar-refractivity contribution in [1.29, 1.82) is 0 Å². The fourth-order valence-electron chi connectivity index (χ4n) is 1.80. The summed E-state index contributed by atoms with van der Waals surface area (Å²) in [6.07, 6.45) is 1.92. The predicted molar refractivity (Wildman–Crippen MR) is 91.2 cm³/mol. The van der Waals surface area contributed by atoms with E-state index in [2.05, 4.69) is 5.32 Å². The van der Waals surface area contributed by atoms with Gasteiger partial charge in [0.25, 0.3) is 0 Å². The van der Waals surface area contributed by atoms with E-state index in [1.165, 1.54) is 0 Å². The Bertz CT molecular complexity index is 635. The normalized spacial score (nSPS) is 12.8. The summed E-state index contributed by atoms with van der Waals surface area (Å²) in [6.45, 7) is 3.85. The van der Waals surface area contributed by atoms with Gasteiger partial charge in [-0.2, -0.15) is 0 Å².